The Kier molecular flexibility index (Phi) is 4.90. The minimum absolute atomic E-state index is 0.0128. The first kappa shape index (κ1) is 13.4. The number of hydrogen-bond acceptors (Lipinski definition) is 3. The third-order valence-electron chi connectivity index (χ3n) is 2.43. The molecule has 0 aliphatic carbocycles. The molecule has 0 aromatic heterocycles. The van der Waals surface area contributed by atoms with Gasteiger partial charge in [0, 0.05) is 32.9 Å². The van der Waals surface area contributed by atoms with Gasteiger partial charge in [-0.1, -0.05) is 0 Å². The van der Waals surface area contributed by atoms with E-state index < -0.39 is 5.82 Å². The predicted octanol–water partition coefficient (Wildman–Crippen LogP) is 1.52. The average molecular weight is 240 g/mol. The van der Waals surface area contributed by atoms with E-state index >= 15 is 0 Å². The Balaban J connectivity index is 2.65. The van der Waals surface area contributed by atoms with Crippen molar-refractivity contribution >= 4 is 11.6 Å². The van der Waals surface area contributed by atoms with Crippen molar-refractivity contribution in [3.05, 3.63) is 29.6 Å². The normalized spacial score (nSPS) is 10.3. The molecule has 1 aromatic rings. The summed E-state index contributed by atoms with van der Waals surface area (Å²) < 4.78 is 17.9. The molecule has 2 N–H and O–H groups in total. The van der Waals surface area contributed by atoms with Crippen LogP contribution < -0.4 is 5.73 Å². The molecule has 0 saturated carbocycles. The van der Waals surface area contributed by atoms with Crippen LogP contribution in [0.1, 0.15) is 16.8 Å². The molecule has 1 rings (SSSR count). The number of anilines is 1. The van der Waals surface area contributed by atoms with E-state index in [9.17, 15) is 9.18 Å². The molecule has 0 aliphatic rings. The summed E-state index contributed by atoms with van der Waals surface area (Å²) in [5, 5.41) is 0. The number of carbonyl (C=O) groups is 1. The Labute approximate surface area is 100 Å². The summed E-state index contributed by atoms with van der Waals surface area (Å²) in [6.07, 6.45) is 0.759. The van der Waals surface area contributed by atoms with E-state index in [2.05, 4.69) is 0 Å². The summed E-state index contributed by atoms with van der Waals surface area (Å²) in [5.41, 5.74) is 5.79. The van der Waals surface area contributed by atoms with Crippen molar-refractivity contribution in [1.82, 2.24) is 4.90 Å². The number of benzene rings is 1. The number of carbonyl (C=O) groups excluding carboxylic acids is 1. The summed E-state index contributed by atoms with van der Waals surface area (Å²) in [7, 11) is 3.31. The summed E-state index contributed by atoms with van der Waals surface area (Å²) in [6.45, 7) is 1.19. The van der Waals surface area contributed by atoms with Gasteiger partial charge in [-0.15, -0.1) is 0 Å². The zero-order valence-corrected chi connectivity index (χ0v) is 10.1. The Hall–Kier alpha value is -1.62. The van der Waals surface area contributed by atoms with E-state index in [0.29, 0.717) is 18.7 Å². The van der Waals surface area contributed by atoms with Gasteiger partial charge in [0.15, 0.2) is 0 Å². The van der Waals surface area contributed by atoms with Gasteiger partial charge in [0.1, 0.15) is 5.82 Å². The molecule has 94 valence electrons. The van der Waals surface area contributed by atoms with Gasteiger partial charge < -0.3 is 15.4 Å². The average Bonchev–Trinajstić information content (AvgIpc) is 2.32. The number of amides is 1. The summed E-state index contributed by atoms with van der Waals surface area (Å²) >= 11 is 0. The fourth-order valence-electron chi connectivity index (χ4n) is 1.44. The molecule has 1 aromatic carbocycles. The Morgan fingerprint density at radius 2 is 2.24 bits per heavy atom. The summed E-state index contributed by atoms with van der Waals surface area (Å²) in [4.78, 5) is 13.5. The third kappa shape index (κ3) is 3.71. The molecule has 0 aliphatic heterocycles. The maximum absolute atomic E-state index is 12.9. The van der Waals surface area contributed by atoms with Crippen LogP contribution in [0.15, 0.2) is 18.2 Å². The number of hydrogen-bond donors (Lipinski definition) is 1. The van der Waals surface area contributed by atoms with E-state index in [1.165, 1.54) is 18.2 Å². The van der Waals surface area contributed by atoms with Crippen molar-refractivity contribution in [3.63, 3.8) is 0 Å². The Morgan fingerprint density at radius 1 is 1.53 bits per heavy atom. The van der Waals surface area contributed by atoms with Gasteiger partial charge in [0.05, 0.1) is 5.69 Å². The van der Waals surface area contributed by atoms with Crippen molar-refractivity contribution in [1.29, 1.82) is 0 Å². The first-order valence-corrected chi connectivity index (χ1v) is 5.35. The molecule has 5 heteroatoms. The van der Waals surface area contributed by atoms with E-state index in [1.807, 2.05) is 0 Å². The third-order valence-corrected chi connectivity index (χ3v) is 2.43. The Bertz CT molecular complexity index is 396. The molecular weight excluding hydrogens is 223 g/mol. The van der Waals surface area contributed by atoms with E-state index in [4.69, 9.17) is 10.5 Å². The zero-order chi connectivity index (χ0) is 12.8. The minimum Gasteiger partial charge on any atom is -0.396 e. The highest BCUT2D eigenvalue weighted by Crippen LogP contribution is 2.13. The van der Waals surface area contributed by atoms with Crippen LogP contribution in [0.3, 0.4) is 0 Å². The molecule has 17 heavy (non-hydrogen) atoms. The van der Waals surface area contributed by atoms with Crippen molar-refractivity contribution in [2.24, 2.45) is 0 Å². The van der Waals surface area contributed by atoms with Crippen LogP contribution in [0.4, 0.5) is 10.1 Å². The number of nitrogens with two attached hydrogens (primary N) is 1. The number of nitrogens with zero attached hydrogens (tertiary/aromatic N) is 1. The molecule has 0 heterocycles. The van der Waals surface area contributed by atoms with Crippen molar-refractivity contribution in [2.75, 3.05) is 33.0 Å². The van der Waals surface area contributed by atoms with Gasteiger partial charge >= 0.3 is 0 Å². The van der Waals surface area contributed by atoms with Crippen molar-refractivity contribution in [3.8, 4) is 0 Å². The number of rotatable bonds is 5. The van der Waals surface area contributed by atoms with Crippen LogP contribution in [-0.4, -0.2) is 38.1 Å². The maximum Gasteiger partial charge on any atom is 0.253 e. The minimum atomic E-state index is -0.511. The Morgan fingerprint density at radius 3 is 2.82 bits per heavy atom. The molecule has 4 nitrogen and oxygen atoms in total. The van der Waals surface area contributed by atoms with Crippen LogP contribution >= 0.6 is 0 Å². The van der Waals surface area contributed by atoms with Gasteiger partial charge in [0.25, 0.3) is 5.91 Å². The fraction of sp³-hybridized carbons (Fsp3) is 0.417. The smallest absolute Gasteiger partial charge is 0.253 e. The van der Waals surface area contributed by atoms with Crippen LogP contribution in [-0.2, 0) is 4.74 Å². The lowest BCUT2D eigenvalue weighted by atomic mass is 10.1. The number of halogens is 1. The van der Waals surface area contributed by atoms with E-state index in [-0.39, 0.29) is 11.6 Å². The molecule has 0 atom stereocenters. The molecule has 0 radical (unpaired) electrons. The number of methoxy groups -OCH3 is 1. The lowest BCUT2D eigenvalue weighted by Crippen LogP contribution is -2.28. The predicted molar refractivity (Wildman–Crippen MR) is 64.3 cm³/mol. The lowest BCUT2D eigenvalue weighted by molar-refractivity contribution is 0.0779. The van der Waals surface area contributed by atoms with E-state index in [1.54, 1.807) is 19.1 Å². The van der Waals surface area contributed by atoms with Crippen LogP contribution in [0, 0.1) is 5.82 Å². The van der Waals surface area contributed by atoms with Gasteiger partial charge in [-0.3, -0.25) is 4.79 Å². The maximum atomic E-state index is 12.9. The number of ether oxygens (including phenoxy) is 1. The van der Waals surface area contributed by atoms with Crippen LogP contribution in [0.5, 0.6) is 0 Å². The topological polar surface area (TPSA) is 55.6 Å². The molecule has 0 spiro atoms. The first-order valence-electron chi connectivity index (χ1n) is 5.35. The monoisotopic (exact) mass is 240 g/mol. The second kappa shape index (κ2) is 6.20. The summed E-state index contributed by atoms with van der Waals surface area (Å²) in [6, 6.07) is 3.98. The van der Waals surface area contributed by atoms with Gasteiger partial charge in [0.2, 0.25) is 0 Å². The van der Waals surface area contributed by atoms with Gasteiger partial charge in [-0.2, -0.15) is 0 Å². The highest BCUT2D eigenvalue weighted by molar-refractivity contribution is 5.94. The van der Waals surface area contributed by atoms with Crippen molar-refractivity contribution < 1.29 is 13.9 Å². The standard InChI is InChI=1S/C12H17FN2O2/c1-15(6-3-7-17-2)12(16)9-4-5-10(13)11(14)8-9/h4-5,8H,3,6-7,14H2,1-2H3. The SMILES string of the molecule is COCCCN(C)C(=O)c1ccc(F)c(N)c1. The zero-order valence-electron chi connectivity index (χ0n) is 10.1. The second-order valence-corrected chi connectivity index (χ2v) is 3.81. The quantitative estimate of drug-likeness (QED) is 0.627. The highest BCUT2D eigenvalue weighted by Gasteiger charge is 2.12. The van der Waals surface area contributed by atoms with Crippen LogP contribution in [0.2, 0.25) is 0 Å². The summed E-state index contributed by atoms with van der Waals surface area (Å²) in [5.74, 6) is -0.684. The first-order chi connectivity index (χ1) is 8.06. The van der Waals surface area contributed by atoms with Crippen LogP contribution in [0.25, 0.3) is 0 Å². The van der Waals surface area contributed by atoms with Gasteiger partial charge in [-0.25, -0.2) is 4.39 Å². The molecular formula is C12H17FN2O2. The fourth-order valence-corrected chi connectivity index (χ4v) is 1.44. The molecule has 0 bridgehead atoms. The second-order valence-electron chi connectivity index (χ2n) is 3.81. The van der Waals surface area contributed by atoms with E-state index in [0.717, 1.165) is 6.42 Å². The largest absolute Gasteiger partial charge is 0.396 e. The molecule has 0 fully saturated rings. The molecule has 1 amide bonds. The lowest BCUT2D eigenvalue weighted by Gasteiger charge is -2.17. The number of nitrogen functional groups attached to an aromatic ring is 1. The molecule has 0 saturated heterocycles. The molecule has 0 unspecified atom stereocenters. The highest BCUT2D eigenvalue weighted by atomic mass is 19.1. The van der Waals surface area contributed by atoms with Gasteiger partial charge in [-0.05, 0) is 24.6 Å². The van der Waals surface area contributed by atoms with Crippen molar-refractivity contribution in [2.45, 2.75) is 6.42 Å².